The van der Waals surface area contributed by atoms with E-state index in [4.69, 9.17) is 21.1 Å². The second-order valence-electron chi connectivity index (χ2n) is 7.00. The number of ether oxygens (including phenoxy) is 2. The van der Waals surface area contributed by atoms with Crippen LogP contribution in [-0.4, -0.2) is 36.5 Å². The van der Waals surface area contributed by atoms with Crippen molar-refractivity contribution in [2.45, 2.75) is 24.7 Å². The fraction of sp³-hybridized carbons (Fsp3) is 0.273. The van der Waals surface area contributed by atoms with Gasteiger partial charge in [0.25, 0.3) is 6.17 Å². The number of carbonyl (C=O) groups is 1. The third-order valence-electron chi connectivity index (χ3n) is 5.28. The van der Waals surface area contributed by atoms with Crippen molar-refractivity contribution >= 4 is 35.0 Å². The van der Waals surface area contributed by atoms with Crippen molar-refractivity contribution in [3.63, 3.8) is 0 Å². The summed E-state index contributed by atoms with van der Waals surface area (Å²) in [6, 6.07) is 10.7. The average Bonchev–Trinajstić information content (AvgIpc) is 2.81. The average molecular weight is 474 g/mol. The Morgan fingerprint density at radius 1 is 1.28 bits per heavy atom. The summed E-state index contributed by atoms with van der Waals surface area (Å²) >= 11 is 7.81. The van der Waals surface area contributed by atoms with E-state index in [9.17, 15) is 9.59 Å². The highest BCUT2D eigenvalue weighted by Gasteiger charge is 2.45. The SMILES string of the molecule is CCC(=O)N1c2ccccc2-c2c(=O)[nH]c(SC)n[n+]2[C@H]1c1cc(Cl)c(OC)c(OC)c1. The number of hydrogen-bond donors (Lipinski definition) is 1. The van der Waals surface area contributed by atoms with Gasteiger partial charge in [-0.1, -0.05) is 42.4 Å². The van der Waals surface area contributed by atoms with Crippen molar-refractivity contribution in [3.05, 3.63) is 57.3 Å². The van der Waals surface area contributed by atoms with E-state index < -0.39 is 6.17 Å². The minimum absolute atomic E-state index is 0.126. The topological polar surface area (TPSA) is 88.4 Å². The normalized spacial score (nSPS) is 14.5. The number of carbonyl (C=O) groups excluding carboxylic acids is 1. The molecular weight excluding hydrogens is 452 g/mol. The summed E-state index contributed by atoms with van der Waals surface area (Å²) in [4.78, 5) is 30.8. The van der Waals surface area contributed by atoms with Gasteiger partial charge in [-0.15, -0.1) is 0 Å². The molecule has 2 heterocycles. The molecule has 0 spiro atoms. The molecule has 0 saturated carbocycles. The molecule has 0 saturated heterocycles. The second-order valence-corrected chi connectivity index (χ2v) is 8.21. The first-order valence-electron chi connectivity index (χ1n) is 9.88. The lowest BCUT2D eigenvalue weighted by Crippen LogP contribution is -2.60. The molecular formula is C22H22ClN4O4S+. The molecule has 0 aliphatic carbocycles. The van der Waals surface area contributed by atoms with E-state index in [1.807, 2.05) is 30.5 Å². The molecule has 0 radical (unpaired) electrons. The van der Waals surface area contributed by atoms with Crippen molar-refractivity contribution in [2.75, 3.05) is 25.4 Å². The van der Waals surface area contributed by atoms with Gasteiger partial charge < -0.3 is 9.47 Å². The first kappa shape index (κ1) is 22.2. The number of para-hydroxylation sites is 1. The number of nitrogens with zero attached hydrogens (tertiary/aromatic N) is 3. The molecule has 0 unspecified atom stereocenters. The lowest BCUT2D eigenvalue weighted by Gasteiger charge is -2.32. The summed E-state index contributed by atoms with van der Waals surface area (Å²) in [5.41, 5.74) is 1.93. The summed E-state index contributed by atoms with van der Waals surface area (Å²) in [6.07, 6.45) is 1.33. The number of H-pyrrole nitrogens is 1. The largest absolute Gasteiger partial charge is 0.493 e. The highest BCUT2D eigenvalue weighted by molar-refractivity contribution is 7.98. The molecule has 1 atom stereocenters. The van der Waals surface area contributed by atoms with Gasteiger partial charge in [0.2, 0.25) is 11.1 Å². The number of aromatic amines is 1. The number of thioether (sulfide) groups is 1. The number of fused-ring (bicyclic) bond motifs is 3. The van der Waals surface area contributed by atoms with Crippen LogP contribution >= 0.6 is 23.4 Å². The quantitative estimate of drug-likeness (QED) is 0.451. The van der Waals surface area contributed by atoms with Crippen LogP contribution in [0.2, 0.25) is 5.02 Å². The van der Waals surface area contributed by atoms with Crippen LogP contribution < -0.4 is 24.6 Å². The predicted octanol–water partition coefficient (Wildman–Crippen LogP) is 3.42. The molecule has 0 bridgehead atoms. The van der Waals surface area contributed by atoms with Gasteiger partial charge in [0.1, 0.15) is 0 Å². The standard InChI is InChI=1S/C22H21ClN4O4S/c1-5-17(28)26-15-9-7-6-8-13(15)18-20(29)24-22(32-4)25-27(18)21(26)12-10-14(23)19(31-3)16(11-12)30-2/h6-11,21H,5H2,1-4H3/p+1/t21-/m0/s1. The van der Waals surface area contributed by atoms with Crippen LogP contribution in [0.15, 0.2) is 46.3 Å². The Kier molecular flexibility index (Phi) is 6.12. The number of benzene rings is 2. The Morgan fingerprint density at radius 3 is 2.69 bits per heavy atom. The molecule has 0 fully saturated rings. The maximum Gasteiger partial charge on any atom is 0.325 e. The number of methoxy groups -OCH3 is 2. The van der Waals surface area contributed by atoms with E-state index in [1.54, 1.807) is 28.6 Å². The fourth-order valence-corrected chi connectivity index (χ4v) is 4.55. The summed E-state index contributed by atoms with van der Waals surface area (Å²) in [6.45, 7) is 1.79. The molecule has 8 nitrogen and oxygen atoms in total. The van der Waals surface area contributed by atoms with Gasteiger partial charge in [0.15, 0.2) is 11.5 Å². The van der Waals surface area contributed by atoms with Crippen molar-refractivity contribution in [1.82, 2.24) is 10.1 Å². The van der Waals surface area contributed by atoms with Crippen molar-refractivity contribution in [3.8, 4) is 22.8 Å². The smallest absolute Gasteiger partial charge is 0.325 e. The van der Waals surface area contributed by atoms with Crippen molar-refractivity contribution in [1.29, 1.82) is 0 Å². The van der Waals surface area contributed by atoms with Gasteiger partial charge in [0.05, 0.1) is 36.1 Å². The van der Waals surface area contributed by atoms with Crippen LogP contribution in [0.5, 0.6) is 11.5 Å². The fourth-order valence-electron chi connectivity index (χ4n) is 3.89. The van der Waals surface area contributed by atoms with Gasteiger partial charge in [-0.2, -0.15) is 0 Å². The number of halogens is 1. The molecule has 1 amide bonds. The van der Waals surface area contributed by atoms with Gasteiger partial charge in [0, 0.05) is 11.5 Å². The molecule has 166 valence electrons. The highest BCUT2D eigenvalue weighted by Crippen LogP contribution is 2.42. The third-order valence-corrected chi connectivity index (χ3v) is 6.13. The number of rotatable bonds is 5. The molecule has 10 heteroatoms. The van der Waals surface area contributed by atoms with Crippen LogP contribution in [0, 0.1) is 0 Å². The maximum absolute atomic E-state index is 13.2. The van der Waals surface area contributed by atoms with E-state index in [0.717, 1.165) is 0 Å². The minimum atomic E-state index is -0.752. The Labute approximate surface area is 194 Å². The van der Waals surface area contributed by atoms with Crippen LogP contribution in [-0.2, 0) is 4.79 Å². The zero-order valence-corrected chi connectivity index (χ0v) is 19.6. The number of nitrogens with one attached hydrogen (secondary N) is 1. The first-order chi connectivity index (χ1) is 15.4. The van der Waals surface area contributed by atoms with Crippen molar-refractivity contribution in [2.24, 2.45) is 0 Å². The van der Waals surface area contributed by atoms with Gasteiger partial charge in [-0.05, 0) is 35.2 Å². The molecule has 1 N–H and O–H groups in total. The first-order valence-corrected chi connectivity index (χ1v) is 11.5. The summed E-state index contributed by atoms with van der Waals surface area (Å²) in [5.74, 6) is 0.672. The molecule has 1 aromatic heterocycles. The van der Waals surface area contributed by atoms with Crippen LogP contribution in [0.4, 0.5) is 5.69 Å². The zero-order chi connectivity index (χ0) is 23.0. The number of amides is 1. The monoisotopic (exact) mass is 473 g/mol. The molecule has 4 rings (SSSR count). The van der Waals surface area contributed by atoms with Gasteiger partial charge in [-0.3, -0.25) is 14.6 Å². The third kappa shape index (κ3) is 3.51. The lowest BCUT2D eigenvalue weighted by molar-refractivity contribution is -0.763. The van der Waals surface area contributed by atoms with E-state index >= 15 is 0 Å². The summed E-state index contributed by atoms with van der Waals surface area (Å²) in [7, 11) is 3.02. The number of anilines is 1. The van der Waals surface area contributed by atoms with Crippen molar-refractivity contribution < 1.29 is 19.0 Å². The lowest BCUT2D eigenvalue weighted by atomic mass is 10.0. The van der Waals surface area contributed by atoms with E-state index in [1.165, 1.54) is 26.0 Å². The number of hydrogen-bond acceptors (Lipinski definition) is 6. The second kappa shape index (κ2) is 8.84. The Bertz CT molecular complexity index is 1260. The Morgan fingerprint density at radius 2 is 2.03 bits per heavy atom. The Hall–Kier alpha value is -3.04. The summed E-state index contributed by atoms with van der Waals surface area (Å²) in [5, 5.41) is 5.41. The van der Waals surface area contributed by atoms with E-state index in [-0.39, 0.29) is 17.9 Å². The molecule has 1 aliphatic heterocycles. The van der Waals surface area contributed by atoms with Crippen LogP contribution in [0.1, 0.15) is 25.1 Å². The van der Waals surface area contributed by atoms with Gasteiger partial charge in [-0.25, -0.2) is 4.90 Å². The molecule has 32 heavy (non-hydrogen) atoms. The maximum atomic E-state index is 13.2. The van der Waals surface area contributed by atoms with Gasteiger partial charge >= 0.3 is 11.3 Å². The summed E-state index contributed by atoms with van der Waals surface area (Å²) < 4.78 is 12.4. The van der Waals surface area contributed by atoms with Crippen LogP contribution in [0.3, 0.4) is 0 Å². The van der Waals surface area contributed by atoms with Crippen LogP contribution in [0.25, 0.3) is 11.3 Å². The molecule has 3 aromatic rings. The van der Waals surface area contributed by atoms with E-state index in [0.29, 0.717) is 44.2 Å². The Balaban J connectivity index is 2.09. The molecule has 2 aromatic carbocycles. The zero-order valence-electron chi connectivity index (χ0n) is 18.0. The van der Waals surface area contributed by atoms with E-state index in [2.05, 4.69) is 10.1 Å². The highest BCUT2D eigenvalue weighted by atomic mass is 35.5. The number of aromatic nitrogens is 3. The predicted molar refractivity (Wildman–Crippen MR) is 123 cm³/mol. The minimum Gasteiger partial charge on any atom is -0.493 e. The molecule has 1 aliphatic rings.